The summed E-state index contributed by atoms with van der Waals surface area (Å²) in [6.07, 6.45) is 3.89. The SMILES string of the molecule is CCn1c(C(O)NC2CCCC2)cc2c(=O)n(C)c3ccccc3c21. The van der Waals surface area contributed by atoms with Gasteiger partial charge < -0.3 is 14.2 Å². The summed E-state index contributed by atoms with van der Waals surface area (Å²) < 4.78 is 3.77. The van der Waals surface area contributed by atoms with Gasteiger partial charge in [0.2, 0.25) is 0 Å². The van der Waals surface area contributed by atoms with Crippen molar-refractivity contribution in [2.24, 2.45) is 7.05 Å². The van der Waals surface area contributed by atoms with E-state index in [1.54, 1.807) is 11.6 Å². The molecule has 2 heterocycles. The number of pyridine rings is 1. The average Bonchev–Trinajstić information content (AvgIpc) is 3.26. The molecule has 5 nitrogen and oxygen atoms in total. The number of nitrogens with zero attached hydrogens (tertiary/aromatic N) is 2. The maximum absolute atomic E-state index is 12.8. The van der Waals surface area contributed by atoms with Crippen LogP contribution in [0.25, 0.3) is 21.8 Å². The van der Waals surface area contributed by atoms with Crippen LogP contribution in [0.1, 0.15) is 44.5 Å². The number of rotatable bonds is 4. The third-order valence-electron chi connectivity index (χ3n) is 5.53. The fourth-order valence-electron chi connectivity index (χ4n) is 4.25. The molecule has 0 radical (unpaired) electrons. The Bertz CT molecular complexity index is 980. The molecule has 1 aromatic carbocycles. The predicted molar refractivity (Wildman–Crippen MR) is 101 cm³/mol. The Morgan fingerprint density at radius 2 is 1.96 bits per heavy atom. The van der Waals surface area contributed by atoms with Crippen molar-refractivity contribution in [3.05, 3.63) is 46.4 Å². The van der Waals surface area contributed by atoms with E-state index in [2.05, 4.69) is 16.8 Å². The molecule has 5 heteroatoms. The highest BCUT2D eigenvalue weighted by molar-refractivity contribution is 6.04. The number of fused-ring (bicyclic) bond motifs is 3. The molecule has 0 amide bonds. The van der Waals surface area contributed by atoms with Gasteiger partial charge in [0.05, 0.1) is 22.1 Å². The highest BCUT2D eigenvalue weighted by Gasteiger charge is 2.23. The van der Waals surface area contributed by atoms with Gasteiger partial charge in [0.1, 0.15) is 6.23 Å². The molecule has 4 rings (SSSR count). The van der Waals surface area contributed by atoms with Gasteiger partial charge in [-0.3, -0.25) is 10.1 Å². The van der Waals surface area contributed by atoms with Crippen LogP contribution in [0.5, 0.6) is 0 Å². The van der Waals surface area contributed by atoms with E-state index in [9.17, 15) is 9.90 Å². The summed E-state index contributed by atoms with van der Waals surface area (Å²) in [5, 5.41) is 15.8. The molecular formula is C20H25N3O2. The first kappa shape index (κ1) is 16.4. The average molecular weight is 339 g/mol. The van der Waals surface area contributed by atoms with Gasteiger partial charge in [-0.1, -0.05) is 31.0 Å². The number of aliphatic hydroxyl groups excluding tert-OH is 1. The number of hydrogen-bond donors (Lipinski definition) is 2. The maximum atomic E-state index is 12.8. The molecule has 132 valence electrons. The highest BCUT2D eigenvalue weighted by atomic mass is 16.3. The van der Waals surface area contributed by atoms with E-state index in [0.29, 0.717) is 18.0 Å². The van der Waals surface area contributed by atoms with Crippen LogP contribution < -0.4 is 10.9 Å². The molecule has 0 aliphatic heterocycles. The van der Waals surface area contributed by atoms with Gasteiger partial charge in [-0.25, -0.2) is 0 Å². The number of para-hydroxylation sites is 1. The van der Waals surface area contributed by atoms with Crippen LogP contribution in [-0.2, 0) is 13.6 Å². The quantitative estimate of drug-likeness (QED) is 0.718. The van der Waals surface area contributed by atoms with Crippen LogP contribution in [0.15, 0.2) is 35.1 Å². The van der Waals surface area contributed by atoms with Gasteiger partial charge in [-0.2, -0.15) is 0 Å². The van der Waals surface area contributed by atoms with Gasteiger partial charge in [0.25, 0.3) is 5.56 Å². The van der Waals surface area contributed by atoms with Crippen molar-refractivity contribution in [2.75, 3.05) is 0 Å². The molecule has 1 aliphatic carbocycles. The third kappa shape index (κ3) is 2.58. The summed E-state index contributed by atoms with van der Waals surface area (Å²) >= 11 is 0. The van der Waals surface area contributed by atoms with E-state index >= 15 is 0 Å². The van der Waals surface area contributed by atoms with Crippen molar-refractivity contribution in [3.63, 3.8) is 0 Å². The van der Waals surface area contributed by atoms with E-state index in [1.807, 2.05) is 30.3 Å². The Morgan fingerprint density at radius 3 is 2.68 bits per heavy atom. The smallest absolute Gasteiger partial charge is 0.260 e. The molecule has 1 saturated carbocycles. The van der Waals surface area contributed by atoms with Gasteiger partial charge in [0.15, 0.2) is 0 Å². The zero-order valence-corrected chi connectivity index (χ0v) is 14.8. The van der Waals surface area contributed by atoms with Gasteiger partial charge in [0, 0.05) is 25.0 Å². The molecule has 1 atom stereocenters. The minimum Gasteiger partial charge on any atom is -0.373 e. The van der Waals surface area contributed by atoms with E-state index in [0.717, 1.165) is 35.0 Å². The van der Waals surface area contributed by atoms with Crippen molar-refractivity contribution in [3.8, 4) is 0 Å². The minimum absolute atomic E-state index is 0.0183. The summed E-state index contributed by atoms with van der Waals surface area (Å²) in [4.78, 5) is 12.8. The second-order valence-electron chi connectivity index (χ2n) is 7.01. The molecule has 2 aromatic heterocycles. The zero-order chi connectivity index (χ0) is 17.6. The lowest BCUT2D eigenvalue weighted by Gasteiger charge is -2.20. The number of aromatic nitrogens is 2. The molecule has 1 fully saturated rings. The number of aliphatic hydroxyl groups is 1. The fraction of sp³-hybridized carbons (Fsp3) is 0.450. The molecule has 1 aliphatic rings. The first-order valence-corrected chi connectivity index (χ1v) is 9.16. The topological polar surface area (TPSA) is 59.2 Å². The van der Waals surface area contributed by atoms with Gasteiger partial charge in [-0.05, 0) is 31.9 Å². The molecule has 2 N–H and O–H groups in total. The molecule has 25 heavy (non-hydrogen) atoms. The summed E-state index contributed by atoms with van der Waals surface area (Å²) in [7, 11) is 1.81. The van der Waals surface area contributed by atoms with E-state index < -0.39 is 6.23 Å². The van der Waals surface area contributed by atoms with Crippen LogP contribution in [0.2, 0.25) is 0 Å². The van der Waals surface area contributed by atoms with Crippen molar-refractivity contribution < 1.29 is 5.11 Å². The van der Waals surface area contributed by atoms with Gasteiger partial charge in [-0.15, -0.1) is 0 Å². The Balaban J connectivity index is 1.92. The van der Waals surface area contributed by atoms with Crippen LogP contribution in [0.3, 0.4) is 0 Å². The monoisotopic (exact) mass is 339 g/mol. The van der Waals surface area contributed by atoms with Crippen LogP contribution in [0, 0.1) is 0 Å². The van der Waals surface area contributed by atoms with E-state index in [-0.39, 0.29) is 5.56 Å². The lowest BCUT2D eigenvalue weighted by atomic mass is 10.1. The lowest BCUT2D eigenvalue weighted by Crippen LogP contribution is -2.31. The summed E-state index contributed by atoms with van der Waals surface area (Å²) in [6, 6.07) is 10.2. The molecule has 0 spiro atoms. The number of aryl methyl sites for hydroxylation is 2. The second-order valence-corrected chi connectivity index (χ2v) is 7.01. The normalized spacial score (nSPS) is 16.9. The Morgan fingerprint density at radius 1 is 1.24 bits per heavy atom. The first-order valence-electron chi connectivity index (χ1n) is 9.16. The number of benzene rings is 1. The van der Waals surface area contributed by atoms with Crippen LogP contribution in [-0.4, -0.2) is 20.3 Å². The zero-order valence-electron chi connectivity index (χ0n) is 14.8. The van der Waals surface area contributed by atoms with Crippen molar-refractivity contribution in [1.29, 1.82) is 0 Å². The van der Waals surface area contributed by atoms with Crippen molar-refractivity contribution in [2.45, 2.75) is 51.4 Å². The molecular weight excluding hydrogens is 314 g/mol. The van der Waals surface area contributed by atoms with E-state index in [1.165, 1.54) is 12.8 Å². The van der Waals surface area contributed by atoms with Crippen LogP contribution in [0.4, 0.5) is 0 Å². The number of nitrogens with one attached hydrogen (secondary N) is 1. The largest absolute Gasteiger partial charge is 0.373 e. The Labute approximate surface area is 146 Å². The molecule has 1 unspecified atom stereocenters. The standard InChI is InChI=1S/C20H25N3O2/c1-3-23-17(19(24)21-13-8-4-5-9-13)12-15-18(23)14-10-6-7-11-16(14)22(2)20(15)25/h6-7,10-13,19,21,24H,3-5,8-9H2,1-2H3. The molecule has 0 saturated heterocycles. The Hall–Kier alpha value is -2.11. The fourth-order valence-corrected chi connectivity index (χ4v) is 4.25. The van der Waals surface area contributed by atoms with Crippen molar-refractivity contribution >= 4 is 21.8 Å². The third-order valence-corrected chi connectivity index (χ3v) is 5.53. The first-order chi connectivity index (χ1) is 12.1. The van der Waals surface area contributed by atoms with E-state index in [4.69, 9.17) is 0 Å². The summed E-state index contributed by atoms with van der Waals surface area (Å²) in [5.41, 5.74) is 2.59. The Kier molecular flexibility index (Phi) is 4.13. The maximum Gasteiger partial charge on any atom is 0.260 e. The van der Waals surface area contributed by atoms with Crippen LogP contribution >= 0.6 is 0 Å². The highest BCUT2D eigenvalue weighted by Crippen LogP contribution is 2.29. The molecule has 0 bridgehead atoms. The minimum atomic E-state index is -0.751. The predicted octanol–water partition coefficient (Wildman–Crippen LogP) is 3.04. The summed E-state index contributed by atoms with van der Waals surface area (Å²) in [5.74, 6) is 0. The van der Waals surface area contributed by atoms with Crippen molar-refractivity contribution in [1.82, 2.24) is 14.5 Å². The molecule has 3 aromatic rings. The summed E-state index contributed by atoms with van der Waals surface area (Å²) in [6.45, 7) is 2.76. The second kappa shape index (κ2) is 6.32. The van der Waals surface area contributed by atoms with Gasteiger partial charge >= 0.3 is 0 Å². The lowest BCUT2D eigenvalue weighted by molar-refractivity contribution is 0.116. The number of hydrogen-bond acceptors (Lipinski definition) is 3.